The first-order valence-corrected chi connectivity index (χ1v) is 6.12. The maximum atomic E-state index is 14.0. The van der Waals surface area contributed by atoms with Crippen LogP contribution in [0.1, 0.15) is 13.3 Å². The number of carbonyl (C=O) groups excluding carboxylic acids is 1. The van der Waals surface area contributed by atoms with Crippen molar-refractivity contribution in [1.29, 1.82) is 0 Å². The van der Waals surface area contributed by atoms with E-state index in [2.05, 4.69) is 5.32 Å². The number of likely N-dealkylation sites (N-methyl/N-ethyl adjacent to an activating group) is 1. The number of rotatable bonds is 6. The molecule has 6 heteroatoms. The maximum Gasteiger partial charge on any atom is 0.239 e. The number of methoxy groups -OCH3 is 1. The van der Waals surface area contributed by atoms with Crippen LogP contribution in [-0.4, -0.2) is 33.2 Å². The van der Waals surface area contributed by atoms with Crippen LogP contribution in [-0.2, 0) is 4.79 Å². The van der Waals surface area contributed by atoms with Gasteiger partial charge in [-0.05, 0) is 6.42 Å². The van der Waals surface area contributed by atoms with Gasteiger partial charge in [-0.3, -0.25) is 4.79 Å². The number of benzene rings is 1. The standard InChI is InChI=1S/C13H20FN3O2/c1-4-5-17(8-13(18)16-2)11-7-12(19-3)10(15)6-9(11)14/h6-7H,4-5,8,15H2,1-3H3,(H,16,18). The molecule has 1 aromatic carbocycles. The first kappa shape index (κ1) is 15.1. The molecule has 0 bridgehead atoms. The number of nitrogens with one attached hydrogen (secondary N) is 1. The number of carbonyl (C=O) groups is 1. The molecule has 0 aromatic heterocycles. The summed E-state index contributed by atoms with van der Waals surface area (Å²) in [4.78, 5) is 13.1. The number of nitrogens with zero attached hydrogens (tertiary/aromatic N) is 1. The summed E-state index contributed by atoms with van der Waals surface area (Å²) in [5, 5.41) is 2.52. The van der Waals surface area contributed by atoms with Gasteiger partial charge in [-0.1, -0.05) is 6.92 Å². The van der Waals surface area contributed by atoms with Crippen molar-refractivity contribution in [2.45, 2.75) is 13.3 Å². The molecule has 0 unspecified atom stereocenters. The second kappa shape index (κ2) is 6.82. The fraction of sp³-hybridized carbons (Fsp3) is 0.462. The smallest absolute Gasteiger partial charge is 0.239 e. The van der Waals surface area contributed by atoms with Crippen LogP contribution in [0, 0.1) is 5.82 Å². The summed E-state index contributed by atoms with van der Waals surface area (Å²) in [5.74, 6) is -0.242. The number of anilines is 2. The van der Waals surface area contributed by atoms with Crippen LogP contribution in [0.2, 0.25) is 0 Å². The van der Waals surface area contributed by atoms with Crippen molar-refractivity contribution in [3.63, 3.8) is 0 Å². The van der Waals surface area contributed by atoms with Crippen molar-refractivity contribution in [2.75, 3.05) is 37.9 Å². The summed E-state index contributed by atoms with van der Waals surface area (Å²) in [6.07, 6.45) is 0.795. The maximum absolute atomic E-state index is 14.0. The van der Waals surface area contributed by atoms with E-state index in [-0.39, 0.29) is 18.1 Å². The fourth-order valence-electron chi connectivity index (χ4n) is 1.78. The van der Waals surface area contributed by atoms with Crippen molar-refractivity contribution >= 4 is 17.3 Å². The minimum absolute atomic E-state index is 0.0916. The fourth-order valence-corrected chi connectivity index (χ4v) is 1.78. The Kier molecular flexibility index (Phi) is 5.41. The molecule has 0 aliphatic carbocycles. The molecule has 0 spiro atoms. The molecule has 1 rings (SSSR count). The zero-order chi connectivity index (χ0) is 14.4. The summed E-state index contributed by atoms with van der Waals surface area (Å²) in [6, 6.07) is 2.73. The van der Waals surface area contributed by atoms with Crippen molar-refractivity contribution < 1.29 is 13.9 Å². The number of nitrogens with two attached hydrogens (primary N) is 1. The Labute approximate surface area is 112 Å². The number of hydrogen-bond donors (Lipinski definition) is 2. The second-order valence-corrected chi connectivity index (χ2v) is 4.14. The van der Waals surface area contributed by atoms with Gasteiger partial charge in [0.15, 0.2) is 0 Å². The summed E-state index contributed by atoms with van der Waals surface area (Å²) in [5.41, 5.74) is 6.19. The average molecular weight is 269 g/mol. The summed E-state index contributed by atoms with van der Waals surface area (Å²) >= 11 is 0. The second-order valence-electron chi connectivity index (χ2n) is 4.14. The molecular weight excluding hydrogens is 249 g/mol. The van der Waals surface area contributed by atoms with Crippen LogP contribution in [0.3, 0.4) is 0 Å². The number of nitrogen functional groups attached to an aromatic ring is 1. The highest BCUT2D eigenvalue weighted by atomic mass is 19.1. The zero-order valence-electron chi connectivity index (χ0n) is 11.5. The van der Waals surface area contributed by atoms with Crippen LogP contribution < -0.4 is 20.7 Å². The zero-order valence-corrected chi connectivity index (χ0v) is 11.5. The van der Waals surface area contributed by atoms with Gasteiger partial charge < -0.3 is 20.7 Å². The molecule has 0 radical (unpaired) electrons. The van der Waals surface area contributed by atoms with Gasteiger partial charge in [0.1, 0.15) is 11.6 Å². The van der Waals surface area contributed by atoms with E-state index in [0.29, 0.717) is 18.0 Å². The van der Waals surface area contributed by atoms with E-state index >= 15 is 0 Å². The topological polar surface area (TPSA) is 67.6 Å². The van der Waals surface area contributed by atoms with Crippen molar-refractivity contribution in [2.24, 2.45) is 0 Å². The van der Waals surface area contributed by atoms with Gasteiger partial charge in [0.2, 0.25) is 5.91 Å². The normalized spacial score (nSPS) is 10.1. The molecule has 0 fully saturated rings. The molecule has 1 aromatic rings. The lowest BCUT2D eigenvalue weighted by Crippen LogP contribution is -2.36. The predicted octanol–water partition coefficient (Wildman–Crippen LogP) is 1.38. The molecular formula is C13H20FN3O2. The van der Waals surface area contributed by atoms with E-state index < -0.39 is 5.82 Å². The molecule has 5 nitrogen and oxygen atoms in total. The molecule has 0 aliphatic heterocycles. The lowest BCUT2D eigenvalue weighted by atomic mass is 10.2. The van der Waals surface area contributed by atoms with E-state index in [1.807, 2.05) is 6.92 Å². The molecule has 106 valence electrons. The molecule has 0 saturated heterocycles. The van der Waals surface area contributed by atoms with Gasteiger partial charge in [0.05, 0.1) is 25.0 Å². The average Bonchev–Trinajstić information content (AvgIpc) is 2.38. The third-order valence-corrected chi connectivity index (χ3v) is 2.75. The highest BCUT2D eigenvalue weighted by molar-refractivity contribution is 5.81. The van der Waals surface area contributed by atoms with Gasteiger partial charge >= 0.3 is 0 Å². The number of amides is 1. The lowest BCUT2D eigenvalue weighted by Gasteiger charge is -2.24. The molecule has 0 saturated carbocycles. The first-order chi connectivity index (χ1) is 9.03. The molecule has 1 amide bonds. The monoisotopic (exact) mass is 269 g/mol. The minimum Gasteiger partial charge on any atom is -0.495 e. The van der Waals surface area contributed by atoms with Crippen molar-refractivity contribution in [3.8, 4) is 5.75 Å². The molecule has 0 heterocycles. The predicted molar refractivity (Wildman–Crippen MR) is 73.9 cm³/mol. The lowest BCUT2D eigenvalue weighted by molar-refractivity contribution is -0.119. The largest absolute Gasteiger partial charge is 0.495 e. The summed E-state index contributed by atoms with van der Waals surface area (Å²) in [7, 11) is 3.02. The van der Waals surface area contributed by atoms with Crippen molar-refractivity contribution in [1.82, 2.24) is 5.32 Å². The van der Waals surface area contributed by atoms with Gasteiger partial charge in [0, 0.05) is 25.7 Å². The van der Waals surface area contributed by atoms with Crippen LogP contribution in [0.25, 0.3) is 0 Å². The highest BCUT2D eigenvalue weighted by Gasteiger charge is 2.16. The van der Waals surface area contributed by atoms with Crippen LogP contribution in [0.15, 0.2) is 12.1 Å². The Balaban J connectivity index is 3.10. The van der Waals surface area contributed by atoms with Gasteiger partial charge in [-0.2, -0.15) is 0 Å². The Morgan fingerprint density at radius 1 is 1.53 bits per heavy atom. The van der Waals surface area contributed by atoms with Gasteiger partial charge in [-0.25, -0.2) is 4.39 Å². The van der Waals surface area contributed by atoms with Crippen molar-refractivity contribution in [3.05, 3.63) is 17.9 Å². The Bertz CT molecular complexity index is 452. The van der Waals surface area contributed by atoms with E-state index in [4.69, 9.17) is 10.5 Å². The van der Waals surface area contributed by atoms with Gasteiger partial charge in [0.25, 0.3) is 0 Å². The SMILES string of the molecule is CCCN(CC(=O)NC)c1cc(OC)c(N)cc1F. The minimum atomic E-state index is -0.462. The molecule has 0 atom stereocenters. The Morgan fingerprint density at radius 2 is 2.21 bits per heavy atom. The quantitative estimate of drug-likeness (QED) is 0.766. The molecule has 0 aliphatic rings. The van der Waals surface area contributed by atoms with E-state index in [1.54, 1.807) is 11.9 Å². The van der Waals surface area contributed by atoms with Gasteiger partial charge in [-0.15, -0.1) is 0 Å². The van der Waals surface area contributed by atoms with E-state index in [1.165, 1.54) is 19.2 Å². The number of hydrogen-bond acceptors (Lipinski definition) is 4. The third-order valence-electron chi connectivity index (χ3n) is 2.75. The number of halogens is 1. The Hall–Kier alpha value is -1.98. The van der Waals surface area contributed by atoms with E-state index in [9.17, 15) is 9.18 Å². The highest BCUT2D eigenvalue weighted by Crippen LogP contribution is 2.30. The third kappa shape index (κ3) is 3.74. The molecule has 19 heavy (non-hydrogen) atoms. The van der Waals surface area contributed by atoms with Crippen LogP contribution in [0.5, 0.6) is 5.75 Å². The Morgan fingerprint density at radius 3 is 2.74 bits per heavy atom. The van der Waals surface area contributed by atoms with Crippen LogP contribution in [0.4, 0.5) is 15.8 Å². The summed E-state index contributed by atoms with van der Waals surface area (Å²) in [6.45, 7) is 2.62. The number of ether oxygens (including phenoxy) is 1. The summed E-state index contributed by atoms with van der Waals surface area (Å²) < 4.78 is 19.1. The van der Waals surface area contributed by atoms with Crippen LogP contribution >= 0.6 is 0 Å². The first-order valence-electron chi connectivity index (χ1n) is 6.12. The van der Waals surface area contributed by atoms with E-state index in [0.717, 1.165) is 6.42 Å². The molecule has 3 N–H and O–H groups in total.